The van der Waals surface area contributed by atoms with Crippen molar-refractivity contribution >= 4 is 33.2 Å². The lowest BCUT2D eigenvalue weighted by molar-refractivity contribution is 0.581. The average Bonchev–Trinajstić information content (AvgIpc) is 2.17. The molecule has 0 atom stereocenters. The fourth-order valence-electron chi connectivity index (χ4n) is 0.934. The number of hydrogen-bond acceptors (Lipinski definition) is 2. The molecule has 0 heterocycles. The molecule has 0 unspecified atom stereocenters. The molecule has 80 valence electrons. The Labute approximate surface area is 96.6 Å². The number of rotatable bonds is 2. The van der Waals surface area contributed by atoms with Crippen molar-refractivity contribution in [3.8, 4) is 0 Å². The summed E-state index contributed by atoms with van der Waals surface area (Å²) in [4.78, 5) is 0.451. The van der Waals surface area contributed by atoms with Crippen LogP contribution in [-0.4, -0.2) is 11.4 Å². The van der Waals surface area contributed by atoms with Crippen molar-refractivity contribution in [1.82, 2.24) is 5.32 Å². The van der Waals surface area contributed by atoms with Crippen molar-refractivity contribution < 1.29 is 8.78 Å². The Morgan fingerprint density at radius 1 is 1.47 bits per heavy atom. The monoisotopic (exact) mass is 245 g/mol. The number of nitrogens with one attached hydrogen (secondary N) is 1. The molecule has 0 aromatic heterocycles. The third-order valence-electron chi connectivity index (χ3n) is 1.65. The number of benzene rings is 1. The molecule has 5 heteroatoms. The van der Waals surface area contributed by atoms with E-state index in [2.05, 4.69) is 11.9 Å². The van der Waals surface area contributed by atoms with Crippen molar-refractivity contribution in [3.63, 3.8) is 0 Å². The van der Waals surface area contributed by atoms with Crippen molar-refractivity contribution in [2.75, 3.05) is 7.05 Å². The second kappa shape index (κ2) is 5.23. The molecule has 1 nitrogen and oxygen atoms in total. The van der Waals surface area contributed by atoms with Crippen LogP contribution >= 0.6 is 24.0 Å². The first-order valence-electron chi connectivity index (χ1n) is 4.08. The fraction of sp³-hybridized carbons (Fsp3) is 0.100. The normalized spacial score (nSPS) is 9.80. The van der Waals surface area contributed by atoms with Gasteiger partial charge >= 0.3 is 0 Å². The Kier molecular flexibility index (Phi) is 4.23. The van der Waals surface area contributed by atoms with Crippen LogP contribution < -0.4 is 5.32 Å². The second-order valence-corrected chi connectivity index (χ2v) is 4.46. The summed E-state index contributed by atoms with van der Waals surface area (Å²) in [6.45, 7) is 3.68. The molecule has 0 spiro atoms. The van der Waals surface area contributed by atoms with Gasteiger partial charge in [0.25, 0.3) is 0 Å². The third kappa shape index (κ3) is 3.28. The topological polar surface area (TPSA) is 12.0 Å². The maximum Gasteiger partial charge on any atom is 0.138 e. The number of thiocarbonyl (C=S) groups is 1. The van der Waals surface area contributed by atoms with E-state index in [9.17, 15) is 8.78 Å². The smallest absolute Gasteiger partial charge is 0.138 e. The highest BCUT2D eigenvalue weighted by atomic mass is 32.2. The third-order valence-corrected chi connectivity index (χ3v) is 2.96. The minimum Gasteiger partial charge on any atom is -0.374 e. The molecule has 0 saturated carbocycles. The molecule has 0 aliphatic rings. The first-order chi connectivity index (χ1) is 7.04. The van der Waals surface area contributed by atoms with Crippen LogP contribution in [0.1, 0.15) is 5.56 Å². The van der Waals surface area contributed by atoms with E-state index in [0.29, 0.717) is 9.23 Å². The number of hydrogen-bond donors (Lipinski definition) is 1. The Hall–Kier alpha value is -0.940. The first kappa shape index (κ1) is 12.1. The van der Waals surface area contributed by atoms with Crippen LogP contribution in [0.25, 0.3) is 4.91 Å². The van der Waals surface area contributed by atoms with Gasteiger partial charge in [-0.1, -0.05) is 30.6 Å². The van der Waals surface area contributed by atoms with Gasteiger partial charge in [-0.15, -0.1) is 0 Å². The molecule has 1 rings (SSSR count). The highest BCUT2D eigenvalue weighted by Crippen LogP contribution is 2.28. The summed E-state index contributed by atoms with van der Waals surface area (Å²) in [6, 6.07) is 3.36. The lowest BCUT2D eigenvalue weighted by Crippen LogP contribution is -2.10. The molecule has 0 amide bonds. The molecule has 15 heavy (non-hydrogen) atoms. The van der Waals surface area contributed by atoms with Crippen LogP contribution in [0.4, 0.5) is 8.78 Å². The number of thioether (sulfide) groups is 1. The molecular weight excluding hydrogens is 236 g/mol. The van der Waals surface area contributed by atoms with E-state index in [-0.39, 0.29) is 5.56 Å². The SMILES string of the molecule is C=C(SC(=S)NC)c1ccc(F)cc1F. The summed E-state index contributed by atoms with van der Waals surface area (Å²) < 4.78 is 26.4. The van der Waals surface area contributed by atoms with Crippen LogP contribution in [-0.2, 0) is 0 Å². The van der Waals surface area contributed by atoms with Gasteiger partial charge in [0.15, 0.2) is 0 Å². The molecule has 0 aliphatic heterocycles. The van der Waals surface area contributed by atoms with Crippen LogP contribution in [0, 0.1) is 11.6 Å². The van der Waals surface area contributed by atoms with E-state index in [1.54, 1.807) is 7.05 Å². The lowest BCUT2D eigenvalue weighted by Gasteiger charge is -2.07. The molecule has 0 saturated heterocycles. The van der Waals surface area contributed by atoms with Crippen molar-refractivity contribution in [2.24, 2.45) is 0 Å². The highest BCUT2D eigenvalue weighted by Gasteiger charge is 2.09. The molecule has 0 aliphatic carbocycles. The molecule has 0 bridgehead atoms. The molecule has 1 N–H and O–H groups in total. The van der Waals surface area contributed by atoms with Gasteiger partial charge in [0.1, 0.15) is 16.0 Å². The quantitative estimate of drug-likeness (QED) is 0.804. The minimum absolute atomic E-state index is 0.263. The molecule has 0 radical (unpaired) electrons. The van der Waals surface area contributed by atoms with Crippen LogP contribution in [0.2, 0.25) is 0 Å². The lowest BCUT2D eigenvalue weighted by atomic mass is 10.2. The van der Waals surface area contributed by atoms with Gasteiger partial charge in [0, 0.05) is 23.6 Å². The maximum absolute atomic E-state index is 13.3. The van der Waals surface area contributed by atoms with E-state index in [1.807, 2.05) is 0 Å². The predicted octanol–water partition coefficient (Wildman–Crippen LogP) is 3.17. The summed E-state index contributed by atoms with van der Waals surface area (Å²) >= 11 is 6.03. The Morgan fingerprint density at radius 3 is 2.67 bits per heavy atom. The van der Waals surface area contributed by atoms with Crippen LogP contribution in [0.5, 0.6) is 0 Å². The Bertz CT molecular complexity index is 404. The first-order valence-corrected chi connectivity index (χ1v) is 5.31. The summed E-state index contributed by atoms with van der Waals surface area (Å²) in [5.41, 5.74) is 0.263. The Balaban J connectivity index is 2.87. The van der Waals surface area contributed by atoms with Crippen molar-refractivity contribution in [2.45, 2.75) is 0 Å². The van der Waals surface area contributed by atoms with Gasteiger partial charge in [0.2, 0.25) is 0 Å². The van der Waals surface area contributed by atoms with Gasteiger partial charge in [-0.2, -0.15) is 0 Å². The molecule has 1 aromatic carbocycles. The zero-order valence-corrected chi connectivity index (χ0v) is 9.64. The maximum atomic E-state index is 13.3. The Morgan fingerprint density at radius 2 is 2.13 bits per heavy atom. The second-order valence-electron chi connectivity index (χ2n) is 2.69. The number of halogens is 2. The summed E-state index contributed by atoms with van der Waals surface area (Å²) in [5.74, 6) is -1.24. The molecule has 1 aromatic rings. The highest BCUT2D eigenvalue weighted by molar-refractivity contribution is 8.29. The zero-order chi connectivity index (χ0) is 11.4. The standard InChI is InChI=1S/C10H9F2NS2/c1-6(15-10(14)13-2)8-4-3-7(11)5-9(8)12/h3-5H,1H2,2H3,(H,13,14). The van der Waals surface area contributed by atoms with E-state index >= 15 is 0 Å². The molecule has 0 fully saturated rings. The summed E-state index contributed by atoms with van der Waals surface area (Å²) in [7, 11) is 1.67. The van der Waals surface area contributed by atoms with Gasteiger partial charge in [-0.05, 0) is 12.1 Å². The van der Waals surface area contributed by atoms with Crippen LogP contribution in [0.15, 0.2) is 24.8 Å². The predicted molar refractivity (Wildman–Crippen MR) is 64.6 cm³/mol. The zero-order valence-electron chi connectivity index (χ0n) is 8.01. The van der Waals surface area contributed by atoms with E-state index in [4.69, 9.17) is 12.2 Å². The van der Waals surface area contributed by atoms with Crippen LogP contribution in [0.3, 0.4) is 0 Å². The largest absolute Gasteiger partial charge is 0.374 e. The summed E-state index contributed by atoms with van der Waals surface area (Å²) in [5, 5.41) is 2.73. The summed E-state index contributed by atoms with van der Waals surface area (Å²) in [6.07, 6.45) is 0. The minimum atomic E-state index is -0.633. The van der Waals surface area contributed by atoms with E-state index in [1.165, 1.54) is 12.1 Å². The van der Waals surface area contributed by atoms with Gasteiger partial charge in [-0.3, -0.25) is 0 Å². The average molecular weight is 245 g/mol. The fourth-order valence-corrected chi connectivity index (χ4v) is 1.84. The van der Waals surface area contributed by atoms with Gasteiger partial charge < -0.3 is 5.32 Å². The van der Waals surface area contributed by atoms with Gasteiger partial charge in [-0.25, -0.2) is 8.78 Å². The van der Waals surface area contributed by atoms with Crippen molar-refractivity contribution in [1.29, 1.82) is 0 Å². The van der Waals surface area contributed by atoms with E-state index in [0.717, 1.165) is 17.8 Å². The van der Waals surface area contributed by atoms with E-state index < -0.39 is 11.6 Å². The molecular formula is C10H9F2NS2. The van der Waals surface area contributed by atoms with Crippen molar-refractivity contribution in [3.05, 3.63) is 42.0 Å². The van der Waals surface area contributed by atoms with Gasteiger partial charge in [0.05, 0.1) is 0 Å².